The average Bonchev–Trinajstić information content (AvgIpc) is 3.47. The number of hydrogen-bond donors (Lipinski definition) is 0. The minimum absolute atomic E-state index is 0.0989. The fourth-order valence-corrected chi connectivity index (χ4v) is 8.66. The van der Waals surface area contributed by atoms with E-state index in [9.17, 15) is 18.0 Å². The van der Waals surface area contributed by atoms with Crippen molar-refractivity contribution in [1.82, 2.24) is 9.80 Å². The zero-order valence-corrected chi connectivity index (χ0v) is 23.8. The van der Waals surface area contributed by atoms with Crippen molar-refractivity contribution in [3.8, 4) is 0 Å². The molecule has 9 heteroatoms. The number of amides is 1. The number of rotatable bonds is 5. The maximum absolute atomic E-state index is 14.6. The molecule has 0 N–H and O–H groups in total. The third kappa shape index (κ3) is 5.32. The van der Waals surface area contributed by atoms with Gasteiger partial charge in [0.05, 0.1) is 30.3 Å². The first kappa shape index (κ1) is 28.4. The Bertz CT molecular complexity index is 1080. The molecule has 6 rings (SSSR count). The monoisotopic (exact) mass is 564 g/mol. The highest BCUT2D eigenvalue weighted by molar-refractivity contribution is 5.84. The number of nitrogens with zero attached hydrogens (tertiary/aromatic N) is 2. The van der Waals surface area contributed by atoms with Gasteiger partial charge in [-0.25, -0.2) is 0 Å². The highest BCUT2D eigenvalue weighted by atomic mass is 19.4. The molecule has 5 aliphatic rings. The molecule has 4 heterocycles. The molecule has 7 atom stereocenters. The van der Waals surface area contributed by atoms with Crippen molar-refractivity contribution in [2.24, 2.45) is 29.1 Å². The van der Waals surface area contributed by atoms with E-state index in [1.165, 1.54) is 12.1 Å². The van der Waals surface area contributed by atoms with Crippen LogP contribution in [0.4, 0.5) is 13.2 Å². The second kappa shape index (κ2) is 11.2. The summed E-state index contributed by atoms with van der Waals surface area (Å²) in [6.45, 7) is 7.62. The molecule has 1 aromatic rings. The zero-order chi connectivity index (χ0) is 28.1. The van der Waals surface area contributed by atoms with Gasteiger partial charge in [-0.2, -0.15) is 13.2 Å². The molecule has 222 valence electrons. The number of benzene rings is 1. The van der Waals surface area contributed by atoms with Crippen molar-refractivity contribution in [2.45, 2.75) is 70.3 Å². The molecule has 4 unspecified atom stereocenters. The molecule has 0 bridgehead atoms. The van der Waals surface area contributed by atoms with Crippen LogP contribution < -0.4 is 0 Å². The number of carbonyl (C=O) groups is 1. The molecular weight excluding hydrogens is 521 g/mol. The van der Waals surface area contributed by atoms with Gasteiger partial charge in [0.1, 0.15) is 0 Å². The van der Waals surface area contributed by atoms with Gasteiger partial charge in [-0.05, 0) is 85.5 Å². The highest BCUT2D eigenvalue weighted by Gasteiger charge is 2.59. The van der Waals surface area contributed by atoms with Gasteiger partial charge in [0.25, 0.3) is 0 Å². The molecule has 3 saturated heterocycles. The maximum Gasteiger partial charge on any atom is 0.416 e. The number of halogens is 3. The molecule has 40 heavy (non-hydrogen) atoms. The Morgan fingerprint density at radius 2 is 1.95 bits per heavy atom. The van der Waals surface area contributed by atoms with E-state index in [1.807, 2.05) is 4.90 Å². The standard InChI is InChI=1S/C31H43F3N2O4/c1-20-17-39-10-7-27(20)36-16-26-12-21(11-23-6-9-40-18-28(23)38-2)14-30(26,19-36)29(37)35-8-5-22-3-4-25(31(32,33)34)13-24(22)15-35/h3-4,13,20-21,23,26-28H,5-12,14-19H2,1-2H3/t20?,21-,23?,26+,27?,28?,30+/m1/s1. The molecule has 0 spiro atoms. The van der Waals surface area contributed by atoms with Crippen molar-refractivity contribution in [1.29, 1.82) is 0 Å². The van der Waals surface area contributed by atoms with Crippen molar-refractivity contribution < 1.29 is 32.2 Å². The van der Waals surface area contributed by atoms with E-state index in [1.54, 1.807) is 13.2 Å². The fourth-order valence-electron chi connectivity index (χ4n) is 8.66. The summed E-state index contributed by atoms with van der Waals surface area (Å²) in [7, 11) is 1.76. The summed E-state index contributed by atoms with van der Waals surface area (Å²) in [5.74, 6) is 1.72. The van der Waals surface area contributed by atoms with E-state index in [4.69, 9.17) is 14.2 Å². The molecule has 0 radical (unpaired) electrons. The quantitative estimate of drug-likeness (QED) is 0.515. The predicted molar refractivity (Wildman–Crippen MR) is 144 cm³/mol. The van der Waals surface area contributed by atoms with Crippen LogP contribution in [0.25, 0.3) is 0 Å². The lowest BCUT2D eigenvalue weighted by atomic mass is 9.77. The van der Waals surface area contributed by atoms with E-state index >= 15 is 0 Å². The molecular formula is C31H43F3N2O4. The van der Waals surface area contributed by atoms with Gasteiger partial charge in [0.15, 0.2) is 0 Å². The Morgan fingerprint density at radius 3 is 2.73 bits per heavy atom. The lowest BCUT2D eigenvalue weighted by molar-refractivity contribution is -0.144. The molecule has 6 nitrogen and oxygen atoms in total. The number of hydrogen-bond acceptors (Lipinski definition) is 5. The summed E-state index contributed by atoms with van der Waals surface area (Å²) in [5, 5.41) is 0. The second-order valence-electron chi connectivity index (χ2n) is 13.1. The number of alkyl halides is 3. The summed E-state index contributed by atoms with van der Waals surface area (Å²) >= 11 is 0. The summed E-state index contributed by atoms with van der Waals surface area (Å²) in [6, 6.07) is 4.42. The summed E-state index contributed by atoms with van der Waals surface area (Å²) < 4.78 is 57.5. The van der Waals surface area contributed by atoms with E-state index in [-0.39, 0.29) is 24.5 Å². The number of likely N-dealkylation sites (tertiary alicyclic amines) is 1. The Balaban J connectivity index is 1.24. The first-order valence-corrected chi connectivity index (χ1v) is 15.1. The number of ether oxygens (including phenoxy) is 3. The smallest absolute Gasteiger partial charge is 0.381 e. The van der Waals surface area contributed by atoms with E-state index in [0.29, 0.717) is 48.9 Å². The number of carbonyl (C=O) groups excluding carboxylic acids is 1. The number of fused-ring (bicyclic) bond motifs is 2. The van der Waals surface area contributed by atoms with Gasteiger partial charge in [0, 0.05) is 52.5 Å². The van der Waals surface area contributed by atoms with Crippen molar-refractivity contribution in [2.75, 3.05) is 53.2 Å². The first-order valence-electron chi connectivity index (χ1n) is 15.1. The Labute approximate surface area is 235 Å². The van der Waals surface area contributed by atoms with Crippen LogP contribution in [-0.2, 0) is 38.1 Å². The van der Waals surface area contributed by atoms with E-state index < -0.39 is 17.2 Å². The summed E-state index contributed by atoms with van der Waals surface area (Å²) in [6.07, 6.45) is 1.19. The minimum atomic E-state index is -4.39. The van der Waals surface area contributed by atoms with Crippen LogP contribution in [0, 0.1) is 29.1 Å². The zero-order valence-electron chi connectivity index (χ0n) is 23.8. The van der Waals surface area contributed by atoms with Crippen LogP contribution in [0.5, 0.6) is 0 Å². The molecule has 1 amide bonds. The Morgan fingerprint density at radius 1 is 1.15 bits per heavy atom. The third-order valence-electron chi connectivity index (χ3n) is 10.7. The average molecular weight is 565 g/mol. The van der Waals surface area contributed by atoms with Gasteiger partial charge >= 0.3 is 6.18 Å². The lowest BCUT2D eigenvalue weighted by Crippen LogP contribution is -2.50. The molecule has 4 aliphatic heterocycles. The SMILES string of the molecule is COC1COCCC1C[C@@H]1C[C@H]2CN(C3CCOCC3C)C[C@@]2(C(=O)N2CCc3ccc(C(F)(F)F)cc3C2)C1. The second-order valence-corrected chi connectivity index (χ2v) is 13.1. The largest absolute Gasteiger partial charge is 0.416 e. The van der Waals surface area contributed by atoms with Gasteiger partial charge in [0.2, 0.25) is 5.91 Å². The van der Waals surface area contributed by atoms with Crippen LogP contribution in [0.3, 0.4) is 0 Å². The topological polar surface area (TPSA) is 51.2 Å². The number of methoxy groups -OCH3 is 1. The molecule has 1 aromatic carbocycles. The summed E-state index contributed by atoms with van der Waals surface area (Å²) in [5.41, 5.74) is 0.442. The van der Waals surface area contributed by atoms with Gasteiger partial charge in [-0.1, -0.05) is 13.0 Å². The van der Waals surface area contributed by atoms with Crippen molar-refractivity contribution >= 4 is 5.91 Å². The van der Waals surface area contributed by atoms with Gasteiger partial charge in [-0.15, -0.1) is 0 Å². The van der Waals surface area contributed by atoms with Crippen LogP contribution in [0.2, 0.25) is 0 Å². The Hall–Kier alpha value is -1.68. The van der Waals surface area contributed by atoms with Crippen LogP contribution in [0.15, 0.2) is 18.2 Å². The molecule has 1 aliphatic carbocycles. The summed E-state index contributed by atoms with van der Waals surface area (Å²) in [4.78, 5) is 19.0. The normalized spacial score (nSPS) is 36.9. The fraction of sp³-hybridized carbons (Fsp3) is 0.774. The molecule has 0 aromatic heterocycles. The maximum atomic E-state index is 14.6. The van der Waals surface area contributed by atoms with Crippen LogP contribution in [0.1, 0.15) is 55.7 Å². The van der Waals surface area contributed by atoms with Crippen molar-refractivity contribution in [3.05, 3.63) is 34.9 Å². The predicted octanol–water partition coefficient (Wildman–Crippen LogP) is 4.78. The minimum Gasteiger partial charge on any atom is -0.381 e. The molecule has 4 fully saturated rings. The highest BCUT2D eigenvalue weighted by Crippen LogP contribution is 2.55. The van der Waals surface area contributed by atoms with E-state index in [0.717, 1.165) is 70.6 Å². The first-order chi connectivity index (χ1) is 19.2. The lowest BCUT2D eigenvalue weighted by Gasteiger charge is -2.40. The third-order valence-corrected chi connectivity index (χ3v) is 10.7. The Kier molecular flexibility index (Phi) is 7.96. The van der Waals surface area contributed by atoms with E-state index in [2.05, 4.69) is 11.8 Å². The van der Waals surface area contributed by atoms with Crippen LogP contribution >= 0.6 is 0 Å². The van der Waals surface area contributed by atoms with Crippen molar-refractivity contribution in [3.63, 3.8) is 0 Å². The van der Waals surface area contributed by atoms with Crippen LogP contribution in [-0.4, -0.2) is 81.0 Å². The van der Waals surface area contributed by atoms with Gasteiger partial charge in [-0.3, -0.25) is 9.69 Å². The van der Waals surface area contributed by atoms with Gasteiger partial charge < -0.3 is 19.1 Å². The molecule has 1 saturated carbocycles.